The molecule has 95 heavy (non-hydrogen) atoms. The third-order valence-electron chi connectivity index (χ3n) is 14.1. The lowest BCUT2D eigenvalue weighted by molar-refractivity contribution is -0.142. The SMILES string of the molecule is CSCC[C@H](NC(=O)[C@H](C)NC(=O)[C@H](C)NC(=O)[C@H](CO)NC(=O)[C@@H](NC(=O)[C@@H](NC(=O)[C@H](CO)NC(=O)[C@H](CC(=O)O)NC(=O)[C@@H](N)CC(=O)O)C(C)C)C(C)C)C(=O)N[C@@H](CO)C(=O)N[C@@H](Cc1ccc(O)cc1)C(=O)N[C@@H](Cc1ccccc1)C(=O)N[C@@H](C)C(=O)O. The summed E-state index contributed by atoms with van der Waals surface area (Å²) in [6.07, 6.45) is -0.716. The van der Waals surface area contributed by atoms with E-state index in [9.17, 15) is 103 Å². The van der Waals surface area contributed by atoms with Crippen molar-refractivity contribution in [3.63, 3.8) is 0 Å². The summed E-state index contributed by atoms with van der Waals surface area (Å²) in [4.78, 5) is 196. The summed E-state index contributed by atoms with van der Waals surface area (Å²) in [5.41, 5.74) is 6.48. The molecule has 13 atom stereocenters. The van der Waals surface area contributed by atoms with Gasteiger partial charge in [-0.05, 0) is 74.3 Å². The average molecular weight is 1360 g/mol. The number of aliphatic hydroxyl groups excluding tert-OH is 3. The van der Waals surface area contributed by atoms with Crippen LogP contribution in [0.3, 0.4) is 0 Å². The molecule has 2 rings (SSSR count). The molecular weight excluding hydrogens is 1270 g/mol. The van der Waals surface area contributed by atoms with Crippen molar-refractivity contribution < 1.29 is 108 Å². The Morgan fingerprint density at radius 2 is 0.726 bits per heavy atom. The first kappa shape index (κ1) is 81.6. The van der Waals surface area contributed by atoms with E-state index in [1.54, 1.807) is 36.6 Å². The van der Waals surface area contributed by atoms with Gasteiger partial charge in [0.2, 0.25) is 70.9 Å². The maximum absolute atomic E-state index is 14.1. The number of benzene rings is 2. The number of rotatable bonds is 41. The molecule has 0 aromatic heterocycles. The van der Waals surface area contributed by atoms with Crippen molar-refractivity contribution in [2.24, 2.45) is 17.6 Å². The van der Waals surface area contributed by atoms with Gasteiger partial charge in [0.1, 0.15) is 78.3 Å². The maximum atomic E-state index is 14.1. The second-order valence-electron chi connectivity index (χ2n) is 22.6. The number of aliphatic hydroxyl groups is 3. The van der Waals surface area contributed by atoms with Crippen molar-refractivity contribution in [2.45, 2.75) is 159 Å². The standard InChI is InChI=1S/C59H87N13O22S/c1-27(2)45(72-58(92)46(28(3)4)71-56(90)42(26-75)69-53(87)39(23-44(79)80)65-49(83)35(60)22-43(77)78)57(91)70-40(24-73)54(88)62-29(5)47(81)61-30(6)48(82)64-36(18-19-95-8)50(84)68-41(25-74)55(89)67-38(21-33-14-16-34(76)17-15-33)52(86)66-37(20-32-12-10-9-11-13-32)51(85)63-31(7)59(93)94/h9-17,27-31,35-42,45-46,73-76H,18-26,60H2,1-8H3,(H,61,81)(H,62,88)(H,63,85)(H,64,82)(H,65,83)(H,66,86)(H,67,89)(H,68,84)(H,69,87)(H,70,91)(H,71,90)(H,72,92)(H,77,78)(H,79,80)(H,93,94)/t29-,30-,31-,35-,36-,37-,38-,39-,40-,41-,42-,45-,46-/m0/s1. The molecule has 0 aliphatic heterocycles. The van der Waals surface area contributed by atoms with Gasteiger partial charge in [0.05, 0.1) is 38.7 Å². The minimum Gasteiger partial charge on any atom is -0.508 e. The fourth-order valence-electron chi connectivity index (χ4n) is 8.54. The van der Waals surface area contributed by atoms with Gasteiger partial charge in [0.25, 0.3) is 0 Å². The minimum atomic E-state index is -1.92. The molecule has 0 heterocycles. The molecule has 2 aromatic carbocycles. The Kier molecular flexibility index (Phi) is 34.8. The molecule has 0 saturated heterocycles. The average Bonchev–Trinajstić information content (AvgIpc) is 0.915. The molecule has 0 spiro atoms. The van der Waals surface area contributed by atoms with E-state index in [2.05, 4.69) is 53.2 Å². The minimum absolute atomic E-state index is 0.0686. The number of phenols is 1. The largest absolute Gasteiger partial charge is 0.508 e. The molecule has 36 heteroatoms. The maximum Gasteiger partial charge on any atom is 0.325 e. The lowest BCUT2D eigenvalue weighted by atomic mass is 9.99. The van der Waals surface area contributed by atoms with E-state index in [0.29, 0.717) is 11.1 Å². The van der Waals surface area contributed by atoms with Crippen LogP contribution in [0.15, 0.2) is 54.6 Å². The normalized spacial score (nSPS) is 15.2. The summed E-state index contributed by atoms with van der Waals surface area (Å²) in [6, 6.07) is -6.75. The Labute approximate surface area is 550 Å². The van der Waals surface area contributed by atoms with Crippen molar-refractivity contribution in [2.75, 3.05) is 31.8 Å². The van der Waals surface area contributed by atoms with Gasteiger partial charge in [0, 0.05) is 12.8 Å². The number of thioether (sulfide) groups is 1. The van der Waals surface area contributed by atoms with Crippen LogP contribution in [0.5, 0.6) is 5.75 Å². The van der Waals surface area contributed by atoms with Gasteiger partial charge in [-0.3, -0.25) is 71.9 Å². The highest BCUT2D eigenvalue weighted by Gasteiger charge is 2.38. The highest BCUT2D eigenvalue weighted by atomic mass is 32.2. The number of phenolic OH excluding ortho intramolecular Hbond substituents is 1. The fraction of sp³-hybridized carbons (Fsp3) is 0.542. The topological polar surface area (TPSA) is 568 Å². The van der Waals surface area contributed by atoms with Crippen LogP contribution in [0.25, 0.3) is 0 Å². The third kappa shape index (κ3) is 28.3. The molecule has 526 valence electrons. The molecular formula is C59H87N13O22S. The van der Waals surface area contributed by atoms with Crippen molar-refractivity contribution in [3.05, 3.63) is 65.7 Å². The summed E-state index contributed by atoms with van der Waals surface area (Å²) < 4.78 is 0. The van der Waals surface area contributed by atoms with Crippen LogP contribution >= 0.6 is 11.8 Å². The summed E-state index contributed by atoms with van der Waals surface area (Å²) in [6.45, 7) is 6.30. The quantitative estimate of drug-likeness (QED) is 0.0294. The van der Waals surface area contributed by atoms with Gasteiger partial charge in [-0.1, -0.05) is 70.2 Å². The van der Waals surface area contributed by atoms with Crippen LogP contribution in [0.1, 0.15) is 78.9 Å². The summed E-state index contributed by atoms with van der Waals surface area (Å²) >= 11 is 1.27. The van der Waals surface area contributed by atoms with Crippen LogP contribution in [-0.4, -0.2) is 235 Å². The van der Waals surface area contributed by atoms with E-state index in [0.717, 1.165) is 0 Å². The first-order valence-electron chi connectivity index (χ1n) is 29.8. The number of hydrogen-bond acceptors (Lipinski definition) is 21. The van der Waals surface area contributed by atoms with Gasteiger partial charge < -0.3 is 105 Å². The van der Waals surface area contributed by atoms with E-state index in [4.69, 9.17) is 10.8 Å². The molecule has 0 radical (unpaired) electrons. The zero-order valence-corrected chi connectivity index (χ0v) is 54.3. The summed E-state index contributed by atoms with van der Waals surface area (Å²) in [5, 5.41) is 96.2. The molecule has 0 unspecified atom stereocenters. The second kappa shape index (κ2) is 40.6. The summed E-state index contributed by atoms with van der Waals surface area (Å²) in [5.74, 6) is -18.6. The van der Waals surface area contributed by atoms with E-state index in [-0.39, 0.29) is 30.8 Å². The predicted octanol–water partition coefficient (Wildman–Crippen LogP) is -6.54. The zero-order valence-electron chi connectivity index (χ0n) is 53.5. The number of carboxylic acids is 3. The first-order valence-corrected chi connectivity index (χ1v) is 31.2. The number of hydrogen-bond donors (Lipinski definition) is 20. The monoisotopic (exact) mass is 1360 g/mol. The van der Waals surface area contributed by atoms with Crippen LogP contribution < -0.4 is 69.5 Å². The molecule has 35 nitrogen and oxygen atoms in total. The first-order chi connectivity index (χ1) is 44.6. The van der Waals surface area contributed by atoms with Gasteiger partial charge >= 0.3 is 17.9 Å². The Balaban J connectivity index is 2.19. The lowest BCUT2D eigenvalue weighted by Crippen LogP contribution is -2.62. The molecule has 0 aliphatic carbocycles. The summed E-state index contributed by atoms with van der Waals surface area (Å²) in [7, 11) is 0. The van der Waals surface area contributed by atoms with Crippen molar-refractivity contribution in [3.8, 4) is 5.75 Å². The van der Waals surface area contributed by atoms with E-state index in [1.165, 1.54) is 84.5 Å². The Morgan fingerprint density at radius 3 is 1.18 bits per heavy atom. The Hall–Kier alpha value is -9.52. The molecule has 0 bridgehead atoms. The number of aromatic hydroxyl groups is 1. The number of carboxylic acid groups (broad SMARTS) is 3. The number of carbonyl (C=O) groups excluding carboxylic acids is 12. The highest BCUT2D eigenvalue weighted by molar-refractivity contribution is 7.98. The van der Waals surface area contributed by atoms with E-state index < -0.39 is 212 Å². The van der Waals surface area contributed by atoms with Crippen LogP contribution in [-0.2, 0) is 84.8 Å². The van der Waals surface area contributed by atoms with Crippen molar-refractivity contribution in [1.29, 1.82) is 0 Å². The van der Waals surface area contributed by atoms with Gasteiger partial charge in [-0.2, -0.15) is 11.8 Å². The lowest BCUT2D eigenvalue weighted by Gasteiger charge is -2.29. The van der Waals surface area contributed by atoms with Crippen LogP contribution in [0, 0.1) is 11.8 Å². The van der Waals surface area contributed by atoms with Gasteiger partial charge in [-0.15, -0.1) is 0 Å². The fourth-order valence-corrected chi connectivity index (χ4v) is 9.01. The predicted molar refractivity (Wildman–Crippen MR) is 336 cm³/mol. The number of amides is 12. The molecule has 0 fully saturated rings. The molecule has 0 saturated carbocycles. The molecule has 2 aromatic rings. The van der Waals surface area contributed by atoms with Crippen LogP contribution in [0.4, 0.5) is 0 Å². The molecule has 21 N–H and O–H groups in total. The van der Waals surface area contributed by atoms with E-state index >= 15 is 0 Å². The molecule has 0 aliphatic rings. The van der Waals surface area contributed by atoms with E-state index in [1.807, 2.05) is 10.6 Å². The van der Waals surface area contributed by atoms with Crippen LogP contribution in [0.2, 0.25) is 0 Å². The Bertz CT molecular complexity index is 3020. The number of aliphatic carboxylic acids is 3. The molecule has 12 amide bonds. The third-order valence-corrected chi connectivity index (χ3v) is 14.7. The van der Waals surface area contributed by atoms with Crippen molar-refractivity contribution >= 4 is 101 Å². The number of carbonyl (C=O) groups is 15. The highest BCUT2D eigenvalue weighted by Crippen LogP contribution is 2.14. The zero-order chi connectivity index (χ0) is 72.0. The Morgan fingerprint density at radius 1 is 0.389 bits per heavy atom. The van der Waals surface area contributed by atoms with Gasteiger partial charge in [-0.25, -0.2) is 0 Å². The van der Waals surface area contributed by atoms with Crippen molar-refractivity contribution in [1.82, 2.24) is 63.8 Å². The number of nitrogens with one attached hydrogen (secondary N) is 12. The van der Waals surface area contributed by atoms with Gasteiger partial charge in [0.15, 0.2) is 0 Å². The smallest absolute Gasteiger partial charge is 0.325 e. The second-order valence-corrected chi connectivity index (χ2v) is 23.6. The number of nitrogens with two attached hydrogens (primary N) is 1.